The topological polar surface area (TPSA) is 80.4 Å². The molecule has 0 radical (unpaired) electrons. The molecular weight excluding hydrogens is 282 g/mol. The second kappa shape index (κ2) is 7.28. The third-order valence-electron chi connectivity index (χ3n) is 2.82. The van der Waals surface area contributed by atoms with Crippen molar-refractivity contribution >= 4 is 21.6 Å². The highest BCUT2D eigenvalue weighted by atomic mass is 32.2. The number of sulfone groups is 1. The van der Waals surface area contributed by atoms with Crippen molar-refractivity contribution in [2.24, 2.45) is 5.73 Å². The van der Waals surface area contributed by atoms with Crippen LogP contribution in [0.5, 0.6) is 0 Å². The van der Waals surface area contributed by atoms with Crippen LogP contribution < -0.4 is 5.73 Å². The van der Waals surface area contributed by atoms with Crippen LogP contribution in [-0.4, -0.2) is 37.7 Å². The molecule has 4 nitrogen and oxygen atoms in total. The third kappa shape index (κ3) is 5.14. The summed E-state index contributed by atoms with van der Waals surface area (Å²) in [4.78, 5) is 1.22. The van der Waals surface area contributed by atoms with Gasteiger partial charge in [0.05, 0.1) is 11.5 Å². The van der Waals surface area contributed by atoms with Gasteiger partial charge in [0.15, 0.2) is 9.84 Å². The highest BCUT2D eigenvalue weighted by molar-refractivity contribution is 8.00. The summed E-state index contributed by atoms with van der Waals surface area (Å²) in [5.74, 6) is 0. The largest absolute Gasteiger partial charge is 0.395 e. The molecule has 0 aromatic heterocycles. The van der Waals surface area contributed by atoms with Crippen molar-refractivity contribution < 1.29 is 13.5 Å². The Bertz CT molecular complexity index is 485. The van der Waals surface area contributed by atoms with Crippen LogP contribution in [-0.2, 0) is 9.84 Å². The van der Waals surface area contributed by atoms with Crippen LogP contribution in [0.15, 0.2) is 34.1 Å². The van der Waals surface area contributed by atoms with Gasteiger partial charge in [-0.15, -0.1) is 11.8 Å². The van der Waals surface area contributed by atoms with E-state index in [0.29, 0.717) is 4.90 Å². The van der Waals surface area contributed by atoms with Gasteiger partial charge in [0.1, 0.15) is 0 Å². The first-order valence-electron chi connectivity index (χ1n) is 6.21. The van der Waals surface area contributed by atoms with Gasteiger partial charge in [-0.1, -0.05) is 13.3 Å². The maximum Gasteiger partial charge on any atom is 0.175 e. The molecule has 2 atom stereocenters. The lowest BCUT2D eigenvalue weighted by atomic mass is 10.1. The molecule has 0 aliphatic carbocycles. The molecule has 0 saturated carbocycles. The van der Waals surface area contributed by atoms with Gasteiger partial charge < -0.3 is 10.8 Å². The van der Waals surface area contributed by atoms with Crippen molar-refractivity contribution in [2.75, 3.05) is 12.9 Å². The summed E-state index contributed by atoms with van der Waals surface area (Å²) in [6, 6.07) is 6.61. The highest BCUT2D eigenvalue weighted by Gasteiger charge is 2.17. The van der Waals surface area contributed by atoms with Gasteiger partial charge in [-0.25, -0.2) is 8.42 Å². The van der Waals surface area contributed by atoms with E-state index in [1.807, 2.05) is 0 Å². The number of thioether (sulfide) groups is 1. The SMILES string of the molecule is CCCC(N)C(CO)Sc1ccc(S(C)(=O)=O)cc1. The number of nitrogens with two attached hydrogens (primary N) is 1. The first-order chi connectivity index (χ1) is 8.88. The maximum absolute atomic E-state index is 11.3. The van der Waals surface area contributed by atoms with E-state index in [1.54, 1.807) is 24.3 Å². The molecule has 19 heavy (non-hydrogen) atoms. The van der Waals surface area contributed by atoms with Crippen LogP contribution in [0.1, 0.15) is 19.8 Å². The van der Waals surface area contributed by atoms with E-state index in [0.717, 1.165) is 17.7 Å². The molecule has 0 saturated heterocycles. The lowest BCUT2D eigenvalue weighted by Crippen LogP contribution is -2.34. The molecule has 0 bridgehead atoms. The number of hydrogen-bond donors (Lipinski definition) is 2. The van der Waals surface area contributed by atoms with Crippen molar-refractivity contribution in [1.29, 1.82) is 0 Å². The Morgan fingerprint density at radius 3 is 2.32 bits per heavy atom. The Balaban J connectivity index is 2.76. The standard InChI is InChI=1S/C13H21NO3S2/c1-3-4-12(14)13(9-15)18-10-5-7-11(8-6-10)19(2,16)17/h5-8,12-13,15H,3-4,9,14H2,1-2H3. The fourth-order valence-electron chi connectivity index (χ4n) is 1.72. The predicted molar refractivity (Wildman–Crippen MR) is 79.2 cm³/mol. The van der Waals surface area contributed by atoms with Gasteiger partial charge in [0, 0.05) is 22.4 Å². The van der Waals surface area contributed by atoms with Crippen LogP contribution in [0.4, 0.5) is 0 Å². The summed E-state index contributed by atoms with van der Waals surface area (Å²) in [6.07, 6.45) is 3.02. The molecular formula is C13H21NO3S2. The molecule has 0 fully saturated rings. The Morgan fingerprint density at radius 2 is 1.89 bits per heavy atom. The quantitative estimate of drug-likeness (QED) is 0.749. The molecule has 1 rings (SSSR count). The summed E-state index contributed by atoms with van der Waals surface area (Å²) in [6.45, 7) is 2.07. The van der Waals surface area contributed by atoms with Crippen molar-refractivity contribution in [3.63, 3.8) is 0 Å². The molecule has 0 heterocycles. The molecule has 1 aromatic carbocycles. The van der Waals surface area contributed by atoms with Gasteiger partial charge in [-0.05, 0) is 30.7 Å². The Labute approximate surface area is 119 Å². The smallest absolute Gasteiger partial charge is 0.175 e. The maximum atomic E-state index is 11.3. The van der Waals surface area contributed by atoms with Gasteiger partial charge >= 0.3 is 0 Å². The first kappa shape index (κ1) is 16.5. The monoisotopic (exact) mass is 303 g/mol. The summed E-state index contributed by atoms with van der Waals surface area (Å²) in [5, 5.41) is 9.31. The average molecular weight is 303 g/mol. The third-order valence-corrected chi connectivity index (χ3v) is 5.29. The van der Waals surface area contributed by atoms with E-state index in [-0.39, 0.29) is 17.9 Å². The summed E-state index contributed by atoms with van der Waals surface area (Å²) in [7, 11) is -3.16. The summed E-state index contributed by atoms with van der Waals surface area (Å²) < 4.78 is 22.7. The van der Waals surface area contributed by atoms with Crippen LogP contribution in [0.25, 0.3) is 0 Å². The molecule has 1 aromatic rings. The normalized spacial score (nSPS) is 15.2. The molecule has 0 amide bonds. The molecule has 108 valence electrons. The van der Waals surface area contributed by atoms with Crippen LogP contribution in [0, 0.1) is 0 Å². The van der Waals surface area contributed by atoms with Crippen LogP contribution in [0.2, 0.25) is 0 Å². The fourth-order valence-corrected chi connectivity index (χ4v) is 3.38. The molecule has 2 unspecified atom stereocenters. The lowest BCUT2D eigenvalue weighted by molar-refractivity contribution is 0.279. The number of aliphatic hydroxyl groups is 1. The Hall–Kier alpha value is -0.560. The minimum Gasteiger partial charge on any atom is -0.395 e. The van der Waals surface area contributed by atoms with Gasteiger partial charge in [-0.3, -0.25) is 0 Å². The zero-order chi connectivity index (χ0) is 14.5. The first-order valence-corrected chi connectivity index (χ1v) is 8.98. The minimum absolute atomic E-state index is 0.0136. The second-order valence-corrected chi connectivity index (χ2v) is 7.86. The minimum atomic E-state index is -3.16. The predicted octanol–water partition coefficient (Wildman–Crippen LogP) is 1.67. The Morgan fingerprint density at radius 1 is 1.32 bits per heavy atom. The summed E-state index contributed by atoms with van der Waals surface area (Å²) in [5.41, 5.74) is 6.01. The number of rotatable bonds is 7. The van der Waals surface area contributed by atoms with Crippen molar-refractivity contribution in [3.8, 4) is 0 Å². The summed E-state index contributed by atoms with van der Waals surface area (Å²) >= 11 is 1.49. The van der Waals surface area contributed by atoms with E-state index in [4.69, 9.17) is 5.73 Å². The van der Waals surface area contributed by atoms with Crippen LogP contribution >= 0.6 is 11.8 Å². The van der Waals surface area contributed by atoms with Gasteiger partial charge in [0.2, 0.25) is 0 Å². The van der Waals surface area contributed by atoms with E-state index in [2.05, 4.69) is 6.92 Å². The van der Waals surface area contributed by atoms with Crippen molar-refractivity contribution in [1.82, 2.24) is 0 Å². The zero-order valence-electron chi connectivity index (χ0n) is 11.2. The van der Waals surface area contributed by atoms with E-state index in [1.165, 1.54) is 18.0 Å². The average Bonchev–Trinajstić information content (AvgIpc) is 2.35. The van der Waals surface area contributed by atoms with Crippen molar-refractivity contribution in [2.45, 2.75) is 40.8 Å². The number of aliphatic hydroxyl groups excluding tert-OH is 1. The highest BCUT2D eigenvalue weighted by Crippen LogP contribution is 2.27. The van der Waals surface area contributed by atoms with E-state index < -0.39 is 9.84 Å². The van der Waals surface area contributed by atoms with Crippen molar-refractivity contribution in [3.05, 3.63) is 24.3 Å². The molecule has 0 spiro atoms. The molecule has 6 heteroatoms. The molecule has 0 aliphatic heterocycles. The van der Waals surface area contributed by atoms with E-state index in [9.17, 15) is 13.5 Å². The van der Waals surface area contributed by atoms with Crippen LogP contribution in [0.3, 0.4) is 0 Å². The lowest BCUT2D eigenvalue weighted by Gasteiger charge is -2.21. The fraction of sp³-hybridized carbons (Fsp3) is 0.538. The second-order valence-electron chi connectivity index (χ2n) is 4.53. The Kier molecular flexibility index (Phi) is 6.32. The number of hydrogen-bond acceptors (Lipinski definition) is 5. The van der Waals surface area contributed by atoms with E-state index >= 15 is 0 Å². The van der Waals surface area contributed by atoms with Gasteiger partial charge in [-0.2, -0.15) is 0 Å². The molecule has 3 N–H and O–H groups in total. The molecule has 0 aliphatic rings. The number of benzene rings is 1. The zero-order valence-corrected chi connectivity index (χ0v) is 12.9. The van der Waals surface area contributed by atoms with Gasteiger partial charge in [0.25, 0.3) is 0 Å².